The van der Waals surface area contributed by atoms with E-state index in [1.165, 1.54) is 24.4 Å². The number of benzene rings is 1. The number of rotatable bonds is 3. The van der Waals surface area contributed by atoms with Gasteiger partial charge in [-0.25, -0.2) is 4.98 Å². The van der Waals surface area contributed by atoms with Gasteiger partial charge in [0.25, 0.3) is 5.91 Å². The number of carbonyl (C=O) groups is 1. The molecule has 26 heavy (non-hydrogen) atoms. The van der Waals surface area contributed by atoms with Crippen molar-refractivity contribution in [2.75, 3.05) is 36.5 Å². The second-order valence-electron chi connectivity index (χ2n) is 5.79. The van der Waals surface area contributed by atoms with Crippen molar-refractivity contribution in [2.45, 2.75) is 6.29 Å². The molecule has 2 aromatic rings. The normalized spacial score (nSPS) is 17.8. The van der Waals surface area contributed by atoms with Crippen LogP contribution in [0.15, 0.2) is 36.5 Å². The minimum absolute atomic E-state index is 0.0791. The van der Waals surface area contributed by atoms with Crippen LogP contribution in [-0.4, -0.2) is 43.5 Å². The molecule has 0 radical (unpaired) electrons. The first-order valence-electron chi connectivity index (χ1n) is 8.00. The van der Waals surface area contributed by atoms with Crippen molar-refractivity contribution in [1.82, 2.24) is 4.98 Å². The zero-order valence-corrected chi connectivity index (χ0v) is 13.6. The van der Waals surface area contributed by atoms with Crippen LogP contribution in [0.3, 0.4) is 0 Å². The molecule has 1 aromatic carbocycles. The summed E-state index contributed by atoms with van der Waals surface area (Å²) in [5.74, 6) is 0.157. The maximum absolute atomic E-state index is 13.0. The highest BCUT2D eigenvalue weighted by molar-refractivity contribution is 6.04. The smallest absolute Gasteiger partial charge is 0.395 e. The Balaban J connectivity index is 1.44. The van der Waals surface area contributed by atoms with Gasteiger partial charge in [0.05, 0.1) is 18.8 Å². The van der Waals surface area contributed by atoms with Crippen LogP contribution in [-0.2, 0) is 4.74 Å². The maximum Gasteiger partial charge on any atom is 0.586 e. The van der Waals surface area contributed by atoms with E-state index in [0.717, 1.165) is 18.9 Å². The van der Waals surface area contributed by atoms with E-state index < -0.39 is 12.2 Å². The van der Waals surface area contributed by atoms with Gasteiger partial charge in [0.1, 0.15) is 5.82 Å². The van der Waals surface area contributed by atoms with E-state index in [1.54, 1.807) is 12.1 Å². The van der Waals surface area contributed by atoms with Crippen LogP contribution in [0.5, 0.6) is 11.5 Å². The highest BCUT2D eigenvalue weighted by atomic mass is 19.3. The number of halogens is 2. The van der Waals surface area contributed by atoms with E-state index in [2.05, 4.69) is 24.7 Å². The number of morpholine rings is 1. The number of hydrogen-bond donors (Lipinski definition) is 1. The van der Waals surface area contributed by atoms with E-state index in [1.807, 2.05) is 0 Å². The van der Waals surface area contributed by atoms with Crippen LogP contribution in [0.2, 0.25) is 0 Å². The van der Waals surface area contributed by atoms with Gasteiger partial charge in [0.15, 0.2) is 11.5 Å². The summed E-state index contributed by atoms with van der Waals surface area (Å²) < 4.78 is 40.1. The summed E-state index contributed by atoms with van der Waals surface area (Å²) in [6, 6.07) is 7.47. The third-order valence-corrected chi connectivity index (χ3v) is 4.00. The number of amides is 1. The van der Waals surface area contributed by atoms with Gasteiger partial charge in [-0.15, -0.1) is 8.78 Å². The Morgan fingerprint density at radius 2 is 1.88 bits per heavy atom. The van der Waals surface area contributed by atoms with Crippen LogP contribution >= 0.6 is 0 Å². The minimum Gasteiger partial charge on any atom is -0.395 e. The predicted molar refractivity (Wildman–Crippen MR) is 87.9 cm³/mol. The summed E-state index contributed by atoms with van der Waals surface area (Å²) in [6.07, 6.45) is -2.22. The summed E-state index contributed by atoms with van der Waals surface area (Å²) in [5, 5.41) is 2.62. The largest absolute Gasteiger partial charge is 0.586 e. The summed E-state index contributed by atoms with van der Waals surface area (Å²) >= 11 is 0. The zero-order valence-electron chi connectivity index (χ0n) is 13.6. The molecule has 7 nitrogen and oxygen atoms in total. The molecule has 3 heterocycles. The van der Waals surface area contributed by atoms with Gasteiger partial charge in [-0.1, -0.05) is 0 Å². The average Bonchev–Trinajstić information content (AvgIpc) is 2.95. The lowest BCUT2D eigenvalue weighted by Crippen LogP contribution is -2.36. The number of nitrogens with one attached hydrogen (secondary N) is 1. The number of nitrogens with zero attached hydrogens (tertiary/aromatic N) is 2. The van der Waals surface area contributed by atoms with Crippen molar-refractivity contribution in [3.05, 3.63) is 42.1 Å². The zero-order chi connectivity index (χ0) is 18.1. The van der Waals surface area contributed by atoms with Gasteiger partial charge in [-0.3, -0.25) is 4.79 Å². The van der Waals surface area contributed by atoms with Crippen molar-refractivity contribution in [1.29, 1.82) is 0 Å². The number of carbonyl (C=O) groups excluding carboxylic acids is 1. The first-order chi connectivity index (χ1) is 12.5. The number of alkyl halides is 2. The Morgan fingerprint density at radius 1 is 1.12 bits per heavy atom. The Morgan fingerprint density at radius 3 is 2.62 bits per heavy atom. The van der Waals surface area contributed by atoms with Gasteiger partial charge in [-0.05, 0) is 24.3 Å². The third-order valence-electron chi connectivity index (χ3n) is 4.00. The van der Waals surface area contributed by atoms with Crippen molar-refractivity contribution < 1.29 is 27.8 Å². The molecule has 136 valence electrons. The number of aromatic nitrogens is 1. The predicted octanol–water partition coefficient (Wildman–Crippen LogP) is 2.49. The summed E-state index contributed by atoms with van der Waals surface area (Å²) in [7, 11) is 0. The molecule has 0 aliphatic carbocycles. The number of pyridine rings is 1. The summed E-state index contributed by atoms with van der Waals surface area (Å²) in [4.78, 5) is 18.7. The lowest BCUT2D eigenvalue weighted by molar-refractivity contribution is -0.286. The highest BCUT2D eigenvalue weighted by Crippen LogP contribution is 2.42. The number of anilines is 2. The van der Waals surface area contributed by atoms with Crippen LogP contribution in [0, 0.1) is 0 Å². The molecule has 4 rings (SSSR count). The topological polar surface area (TPSA) is 72.9 Å². The fourth-order valence-corrected chi connectivity index (χ4v) is 2.73. The Kier molecular flexibility index (Phi) is 4.08. The van der Waals surface area contributed by atoms with Gasteiger partial charge in [0.2, 0.25) is 0 Å². The second-order valence-corrected chi connectivity index (χ2v) is 5.79. The Hall–Kier alpha value is -2.94. The van der Waals surface area contributed by atoms with Crippen molar-refractivity contribution in [3.63, 3.8) is 0 Å². The highest BCUT2D eigenvalue weighted by Gasteiger charge is 2.43. The lowest BCUT2D eigenvalue weighted by atomic mass is 10.2. The quantitative estimate of drug-likeness (QED) is 0.903. The van der Waals surface area contributed by atoms with E-state index in [4.69, 9.17) is 4.74 Å². The second kappa shape index (κ2) is 6.41. The fraction of sp³-hybridized carbons (Fsp3) is 0.294. The van der Waals surface area contributed by atoms with E-state index in [9.17, 15) is 13.6 Å². The molecular weight excluding hydrogens is 348 g/mol. The summed E-state index contributed by atoms with van der Waals surface area (Å²) in [6.45, 7) is 2.79. The molecule has 0 unspecified atom stereocenters. The molecule has 2 aliphatic rings. The maximum atomic E-state index is 13.0. The van der Waals surface area contributed by atoms with Crippen LogP contribution in [0.25, 0.3) is 0 Å². The first kappa shape index (κ1) is 16.5. The monoisotopic (exact) mass is 363 g/mol. The SMILES string of the molecule is O=C(Nc1ccc2c(c1)OC(F)(F)O2)c1ccc(N2CCOCC2)nc1. The molecule has 1 aromatic heterocycles. The van der Waals surface area contributed by atoms with Crippen LogP contribution < -0.4 is 19.7 Å². The lowest BCUT2D eigenvalue weighted by Gasteiger charge is -2.27. The molecular formula is C17H15F2N3O4. The molecule has 1 amide bonds. The van der Waals surface area contributed by atoms with E-state index in [0.29, 0.717) is 24.5 Å². The van der Waals surface area contributed by atoms with Crippen molar-refractivity contribution in [3.8, 4) is 11.5 Å². The molecule has 0 saturated carbocycles. The van der Waals surface area contributed by atoms with Gasteiger partial charge in [-0.2, -0.15) is 0 Å². The Bertz CT molecular complexity index is 823. The standard InChI is InChI=1S/C17H15F2N3O4/c18-17(19)25-13-3-2-12(9-14(13)26-17)21-16(23)11-1-4-15(20-10-11)22-5-7-24-8-6-22/h1-4,9-10H,5-8H2,(H,21,23). The molecule has 1 fully saturated rings. The molecule has 9 heteroatoms. The molecule has 1 N–H and O–H groups in total. The molecule has 0 atom stereocenters. The fourth-order valence-electron chi connectivity index (χ4n) is 2.73. The average molecular weight is 363 g/mol. The number of hydrogen-bond acceptors (Lipinski definition) is 6. The van der Waals surface area contributed by atoms with Gasteiger partial charge >= 0.3 is 6.29 Å². The van der Waals surface area contributed by atoms with Crippen molar-refractivity contribution >= 4 is 17.4 Å². The van der Waals surface area contributed by atoms with E-state index in [-0.39, 0.29) is 11.5 Å². The first-order valence-corrected chi connectivity index (χ1v) is 8.00. The van der Waals surface area contributed by atoms with Crippen LogP contribution in [0.1, 0.15) is 10.4 Å². The number of fused-ring (bicyclic) bond motifs is 1. The van der Waals surface area contributed by atoms with Crippen LogP contribution in [0.4, 0.5) is 20.3 Å². The van der Waals surface area contributed by atoms with Crippen molar-refractivity contribution in [2.24, 2.45) is 0 Å². The Labute approximate surface area is 147 Å². The molecule has 1 saturated heterocycles. The van der Waals surface area contributed by atoms with Gasteiger partial charge < -0.3 is 24.4 Å². The van der Waals surface area contributed by atoms with Gasteiger partial charge in [0, 0.05) is 31.0 Å². The molecule has 0 spiro atoms. The summed E-state index contributed by atoms with van der Waals surface area (Å²) in [5.41, 5.74) is 0.664. The molecule has 0 bridgehead atoms. The number of ether oxygens (including phenoxy) is 3. The minimum atomic E-state index is -3.69. The van der Waals surface area contributed by atoms with E-state index >= 15 is 0 Å². The molecule has 2 aliphatic heterocycles. The third kappa shape index (κ3) is 3.38.